The minimum atomic E-state index is -0.432. The first kappa shape index (κ1) is 12.6. The zero-order valence-electron chi connectivity index (χ0n) is 11.0. The number of aliphatic hydroxyl groups is 1. The van der Waals surface area contributed by atoms with E-state index in [0.29, 0.717) is 0 Å². The van der Waals surface area contributed by atoms with Crippen LogP contribution in [0.5, 0.6) is 0 Å². The van der Waals surface area contributed by atoms with Gasteiger partial charge in [0.15, 0.2) is 0 Å². The van der Waals surface area contributed by atoms with Crippen molar-refractivity contribution in [2.45, 2.75) is 45.3 Å². The Balaban J connectivity index is 2.08. The highest BCUT2D eigenvalue weighted by atomic mass is 16.3. The van der Waals surface area contributed by atoms with Crippen LogP contribution in [0.3, 0.4) is 0 Å². The Kier molecular flexibility index (Phi) is 3.84. The number of nitrogens with zero attached hydrogens (tertiary/aromatic N) is 2. The predicted molar refractivity (Wildman–Crippen MR) is 67.7 cm³/mol. The van der Waals surface area contributed by atoms with Gasteiger partial charge >= 0.3 is 0 Å². The van der Waals surface area contributed by atoms with Gasteiger partial charge in [0, 0.05) is 24.8 Å². The first-order valence-electron chi connectivity index (χ1n) is 6.53. The largest absolute Gasteiger partial charge is 0.387 e. The second kappa shape index (κ2) is 5.19. The summed E-state index contributed by atoms with van der Waals surface area (Å²) >= 11 is 0. The summed E-state index contributed by atoms with van der Waals surface area (Å²) in [6.45, 7) is 5.20. The lowest BCUT2D eigenvalue weighted by molar-refractivity contribution is 0.0973. The number of piperidine rings is 1. The van der Waals surface area contributed by atoms with Crippen molar-refractivity contribution in [1.29, 1.82) is 0 Å². The highest BCUT2D eigenvalue weighted by molar-refractivity contribution is 5.20. The summed E-state index contributed by atoms with van der Waals surface area (Å²) in [5.74, 6) is 0.743. The predicted octanol–water partition coefficient (Wildman–Crippen LogP) is 1.54. The van der Waals surface area contributed by atoms with Crippen molar-refractivity contribution < 1.29 is 5.11 Å². The van der Waals surface area contributed by atoms with Crippen LogP contribution in [0.4, 0.5) is 0 Å². The van der Waals surface area contributed by atoms with Crippen molar-refractivity contribution in [3.63, 3.8) is 0 Å². The van der Waals surface area contributed by atoms with E-state index in [-0.39, 0.29) is 6.04 Å². The third-order valence-corrected chi connectivity index (χ3v) is 3.87. The summed E-state index contributed by atoms with van der Waals surface area (Å²) in [7, 11) is 1.90. The van der Waals surface area contributed by atoms with Crippen molar-refractivity contribution in [1.82, 2.24) is 15.1 Å². The van der Waals surface area contributed by atoms with E-state index in [9.17, 15) is 5.11 Å². The Labute approximate surface area is 103 Å². The van der Waals surface area contributed by atoms with Gasteiger partial charge < -0.3 is 10.4 Å². The fourth-order valence-electron chi connectivity index (χ4n) is 2.77. The summed E-state index contributed by atoms with van der Waals surface area (Å²) in [5.41, 5.74) is 1.89. The first-order chi connectivity index (χ1) is 8.11. The van der Waals surface area contributed by atoms with Gasteiger partial charge in [0.05, 0.1) is 11.8 Å². The molecule has 1 aromatic rings. The lowest BCUT2D eigenvalue weighted by Gasteiger charge is -2.32. The molecule has 0 radical (unpaired) electrons. The number of aromatic nitrogens is 2. The highest BCUT2D eigenvalue weighted by Crippen LogP contribution is 2.28. The molecule has 1 fully saturated rings. The van der Waals surface area contributed by atoms with Gasteiger partial charge in [-0.3, -0.25) is 4.68 Å². The molecule has 96 valence electrons. The van der Waals surface area contributed by atoms with Crippen LogP contribution in [-0.4, -0.2) is 27.5 Å². The van der Waals surface area contributed by atoms with E-state index in [1.54, 1.807) is 4.68 Å². The highest BCUT2D eigenvalue weighted by Gasteiger charge is 2.28. The van der Waals surface area contributed by atoms with Crippen LogP contribution in [-0.2, 0) is 7.05 Å². The molecule has 0 spiro atoms. The molecule has 2 N–H and O–H groups in total. The number of aryl methyl sites for hydroxylation is 2. The third-order valence-electron chi connectivity index (χ3n) is 3.87. The van der Waals surface area contributed by atoms with Crippen LogP contribution in [0.1, 0.15) is 43.5 Å². The monoisotopic (exact) mass is 237 g/mol. The van der Waals surface area contributed by atoms with Gasteiger partial charge in [0.25, 0.3) is 0 Å². The normalized spacial score (nSPS) is 27.1. The fourth-order valence-corrected chi connectivity index (χ4v) is 2.77. The Morgan fingerprint density at radius 1 is 1.65 bits per heavy atom. The molecule has 2 heterocycles. The van der Waals surface area contributed by atoms with Crippen molar-refractivity contribution in [2.24, 2.45) is 13.0 Å². The third kappa shape index (κ3) is 2.69. The fraction of sp³-hybridized carbons (Fsp3) is 0.769. The Bertz CT molecular complexity index is 375. The quantitative estimate of drug-likeness (QED) is 0.838. The maximum absolute atomic E-state index is 10.4. The number of aliphatic hydroxyl groups excluding tert-OH is 1. The Morgan fingerprint density at radius 2 is 2.41 bits per heavy atom. The van der Waals surface area contributed by atoms with E-state index in [1.165, 1.54) is 12.8 Å². The second-order valence-corrected chi connectivity index (χ2v) is 5.15. The molecule has 2 rings (SSSR count). The molecule has 1 aromatic heterocycles. The van der Waals surface area contributed by atoms with Crippen molar-refractivity contribution in [3.05, 3.63) is 17.5 Å². The summed E-state index contributed by atoms with van der Waals surface area (Å²) in [4.78, 5) is 0. The molecular weight excluding hydrogens is 214 g/mol. The molecule has 17 heavy (non-hydrogen) atoms. The van der Waals surface area contributed by atoms with Crippen LogP contribution < -0.4 is 5.32 Å². The van der Waals surface area contributed by atoms with Crippen LogP contribution in [0.2, 0.25) is 0 Å². The smallest absolute Gasteiger partial charge is 0.0975 e. The minimum Gasteiger partial charge on any atom is -0.387 e. The van der Waals surface area contributed by atoms with E-state index < -0.39 is 6.10 Å². The molecule has 3 unspecified atom stereocenters. The maximum Gasteiger partial charge on any atom is 0.0975 e. The molecule has 0 bridgehead atoms. The first-order valence-corrected chi connectivity index (χ1v) is 6.53. The number of hydrogen-bond acceptors (Lipinski definition) is 3. The van der Waals surface area contributed by atoms with Gasteiger partial charge in [-0.05, 0) is 32.2 Å². The average molecular weight is 237 g/mol. The lowest BCUT2D eigenvalue weighted by atomic mass is 9.86. The number of hydrogen-bond donors (Lipinski definition) is 2. The maximum atomic E-state index is 10.4. The molecule has 0 aliphatic carbocycles. The SMILES string of the molecule is CCC1CCNC(C(O)c2cn(C)nc2C)C1. The summed E-state index contributed by atoms with van der Waals surface area (Å²) in [6.07, 6.45) is 4.99. The van der Waals surface area contributed by atoms with E-state index in [0.717, 1.165) is 30.1 Å². The van der Waals surface area contributed by atoms with Crippen LogP contribution in [0.25, 0.3) is 0 Å². The molecular formula is C13H23N3O. The molecule has 0 amide bonds. The zero-order valence-corrected chi connectivity index (χ0v) is 11.0. The molecule has 1 aliphatic rings. The van der Waals surface area contributed by atoms with Gasteiger partial charge in [0.1, 0.15) is 0 Å². The Hall–Kier alpha value is -0.870. The average Bonchev–Trinajstić information content (AvgIpc) is 2.67. The lowest BCUT2D eigenvalue weighted by Crippen LogP contribution is -2.42. The van der Waals surface area contributed by atoms with Crippen LogP contribution in [0.15, 0.2) is 6.20 Å². The molecule has 1 aliphatic heterocycles. The zero-order chi connectivity index (χ0) is 12.4. The van der Waals surface area contributed by atoms with Gasteiger partial charge in [-0.15, -0.1) is 0 Å². The second-order valence-electron chi connectivity index (χ2n) is 5.15. The molecule has 4 nitrogen and oxygen atoms in total. The van der Waals surface area contributed by atoms with E-state index >= 15 is 0 Å². The van der Waals surface area contributed by atoms with E-state index in [1.807, 2.05) is 20.2 Å². The number of rotatable bonds is 3. The van der Waals surface area contributed by atoms with Crippen LogP contribution >= 0.6 is 0 Å². The van der Waals surface area contributed by atoms with Crippen molar-refractivity contribution >= 4 is 0 Å². The van der Waals surface area contributed by atoms with Gasteiger partial charge in [0.2, 0.25) is 0 Å². The van der Waals surface area contributed by atoms with Gasteiger partial charge in [-0.1, -0.05) is 13.3 Å². The standard InChI is InChI=1S/C13H23N3O/c1-4-10-5-6-14-12(7-10)13(17)11-8-16(3)15-9(11)2/h8,10,12-14,17H,4-7H2,1-3H3. The molecule has 3 atom stereocenters. The molecule has 4 heteroatoms. The number of nitrogens with one attached hydrogen (secondary N) is 1. The van der Waals surface area contributed by atoms with Gasteiger partial charge in [-0.25, -0.2) is 0 Å². The Morgan fingerprint density at radius 3 is 3.00 bits per heavy atom. The molecule has 0 saturated carbocycles. The van der Waals surface area contributed by atoms with Gasteiger partial charge in [-0.2, -0.15) is 5.10 Å². The van der Waals surface area contributed by atoms with Crippen molar-refractivity contribution in [2.75, 3.05) is 6.54 Å². The summed E-state index contributed by atoms with van der Waals surface area (Å²) < 4.78 is 1.77. The molecule has 1 saturated heterocycles. The van der Waals surface area contributed by atoms with E-state index in [4.69, 9.17) is 0 Å². The summed E-state index contributed by atoms with van der Waals surface area (Å²) in [5, 5.41) is 18.2. The topological polar surface area (TPSA) is 50.1 Å². The van der Waals surface area contributed by atoms with Crippen LogP contribution in [0, 0.1) is 12.8 Å². The van der Waals surface area contributed by atoms with Crippen molar-refractivity contribution in [3.8, 4) is 0 Å². The summed E-state index contributed by atoms with van der Waals surface area (Å²) in [6, 6.07) is 0.177. The van der Waals surface area contributed by atoms with E-state index in [2.05, 4.69) is 17.3 Å². The minimum absolute atomic E-state index is 0.177. The molecule has 0 aromatic carbocycles.